The van der Waals surface area contributed by atoms with Gasteiger partial charge in [-0.3, -0.25) is 0 Å². The smallest absolute Gasteiger partial charge is 0.240 e. The van der Waals surface area contributed by atoms with Gasteiger partial charge in [0.2, 0.25) is 10.0 Å². The quantitative estimate of drug-likeness (QED) is 0.722. The molecule has 0 aliphatic carbocycles. The zero-order chi connectivity index (χ0) is 13.8. The maximum absolute atomic E-state index is 11.4. The Bertz CT molecular complexity index is 486. The fraction of sp³-hybridized carbons (Fsp3) is 0.500. The van der Waals surface area contributed by atoms with Gasteiger partial charge in [-0.25, -0.2) is 13.6 Å². The normalized spacial score (nSPS) is 13.6. The van der Waals surface area contributed by atoms with Crippen LogP contribution in [-0.4, -0.2) is 21.0 Å². The second kappa shape index (κ2) is 6.17. The first kappa shape index (κ1) is 14.9. The summed E-state index contributed by atoms with van der Waals surface area (Å²) < 4.78 is 22.8. The van der Waals surface area contributed by atoms with Crippen molar-refractivity contribution in [2.45, 2.75) is 31.2 Å². The zero-order valence-corrected chi connectivity index (χ0v) is 11.6. The van der Waals surface area contributed by atoms with E-state index < -0.39 is 10.0 Å². The summed E-state index contributed by atoms with van der Waals surface area (Å²) in [5, 5.41) is 8.19. The summed E-state index contributed by atoms with van der Waals surface area (Å²) in [6.07, 6.45) is 0.880. The van der Waals surface area contributed by atoms with Crippen molar-refractivity contribution in [3.63, 3.8) is 0 Å². The predicted octanol–water partition coefficient (Wildman–Crippen LogP) is 1.12. The van der Waals surface area contributed by atoms with Crippen LogP contribution in [0.3, 0.4) is 0 Å². The molecule has 0 radical (unpaired) electrons. The molecule has 0 saturated heterocycles. The highest BCUT2D eigenvalue weighted by molar-refractivity contribution is 7.89. The summed E-state index contributed by atoms with van der Waals surface area (Å²) in [5.41, 5.74) is 6.44. The average molecular weight is 271 g/mol. The second-order valence-corrected chi connectivity index (χ2v) is 6.34. The van der Waals surface area contributed by atoms with Crippen LogP contribution in [0.15, 0.2) is 29.2 Å². The fourth-order valence-electron chi connectivity index (χ4n) is 1.79. The number of benzene rings is 1. The molecule has 0 aliphatic rings. The molecule has 1 aromatic rings. The van der Waals surface area contributed by atoms with Crippen LogP contribution in [0, 0.1) is 5.92 Å². The van der Waals surface area contributed by atoms with Crippen molar-refractivity contribution < 1.29 is 8.42 Å². The SMILES string of the molecule is CC(C)CC(N)CNc1ccccc1S(N)(=O)=O. The lowest BCUT2D eigenvalue weighted by atomic mass is 10.0. The lowest BCUT2D eigenvalue weighted by Crippen LogP contribution is -2.31. The van der Waals surface area contributed by atoms with Gasteiger partial charge in [-0.15, -0.1) is 0 Å². The van der Waals surface area contributed by atoms with Crippen LogP contribution in [0.25, 0.3) is 0 Å². The molecule has 0 heterocycles. The van der Waals surface area contributed by atoms with Crippen LogP contribution in [0.1, 0.15) is 20.3 Å². The summed E-state index contributed by atoms with van der Waals surface area (Å²) in [7, 11) is -3.71. The second-order valence-electron chi connectivity index (χ2n) is 4.81. The van der Waals surface area contributed by atoms with Gasteiger partial charge in [0, 0.05) is 12.6 Å². The van der Waals surface area contributed by atoms with Crippen molar-refractivity contribution in [2.24, 2.45) is 16.8 Å². The van der Waals surface area contributed by atoms with Gasteiger partial charge in [-0.05, 0) is 24.5 Å². The Balaban J connectivity index is 2.74. The number of nitrogens with two attached hydrogens (primary N) is 2. The van der Waals surface area contributed by atoms with E-state index >= 15 is 0 Å². The number of hydrogen-bond donors (Lipinski definition) is 3. The van der Waals surface area contributed by atoms with Crippen molar-refractivity contribution in [1.29, 1.82) is 0 Å². The van der Waals surface area contributed by atoms with E-state index in [9.17, 15) is 8.42 Å². The molecule has 5 N–H and O–H groups in total. The summed E-state index contributed by atoms with van der Waals surface area (Å²) in [6.45, 7) is 4.71. The molecule has 102 valence electrons. The third-order valence-corrected chi connectivity index (χ3v) is 3.49. The number of para-hydroxylation sites is 1. The fourth-order valence-corrected chi connectivity index (χ4v) is 2.51. The topological polar surface area (TPSA) is 98.2 Å². The minimum absolute atomic E-state index is 0.0152. The van der Waals surface area contributed by atoms with E-state index in [4.69, 9.17) is 10.9 Å². The monoisotopic (exact) mass is 271 g/mol. The lowest BCUT2D eigenvalue weighted by molar-refractivity contribution is 0.508. The Labute approximate surface area is 109 Å². The summed E-state index contributed by atoms with van der Waals surface area (Å²) in [5.74, 6) is 0.510. The van der Waals surface area contributed by atoms with Gasteiger partial charge in [-0.1, -0.05) is 26.0 Å². The molecule has 0 aromatic heterocycles. The lowest BCUT2D eigenvalue weighted by Gasteiger charge is -2.17. The van der Waals surface area contributed by atoms with Crippen molar-refractivity contribution in [1.82, 2.24) is 0 Å². The Morgan fingerprint density at radius 2 is 1.89 bits per heavy atom. The van der Waals surface area contributed by atoms with Crippen LogP contribution in [0.4, 0.5) is 5.69 Å². The van der Waals surface area contributed by atoms with Gasteiger partial charge in [0.15, 0.2) is 0 Å². The van der Waals surface area contributed by atoms with Gasteiger partial charge in [-0.2, -0.15) is 0 Å². The number of nitrogens with one attached hydrogen (secondary N) is 1. The number of anilines is 1. The highest BCUT2D eigenvalue weighted by atomic mass is 32.2. The van der Waals surface area contributed by atoms with Crippen molar-refractivity contribution in [2.75, 3.05) is 11.9 Å². The third-order valence-electron chi connectivity index (χ3n) is 2.52. The molecule has 1 unspecified atom stereocenters. The van der Waals surface area contributed by atoms with Gasteiger partial charge in [0.25, 0.3) is 0 Å². The van der Waals surface area contributed by atoms with E-state index in [0.717, 1.165) is 6.42 Å². The van der Waals surface area contributed by atoms with Gasteiger partial charge >= 0.3 is 0 Å². The first-order chi connectivity index (χ1) is 8.30. The molecule has 6 heteroatoms. The number of hydrogen-bond acceptors (Lipinski definition) is 4. The van der Waals surface area contributed by atoms with Crippen LogP contribution in [0.2, 0.25) is 0 Å². The van der Waals surface area contributed by atoms with Crippen LogP contribution < -0.4 is 16.2 Å². The Morgan fingerprint density at radius 1 is 1.28 bits per heavy atom. The first-order valence-electron chi connectivity index (χ1n) is 5.92. The summed E-state index contributed by atoms with van der Waals surface area (Å²) >= 11 is 0. The molecule has 0 amide bonds. The third kappa shape index (κ3) is 4.64. The van der Waals surface area contributed by atoms with Crippen LogP contribution in [0.5, 0.6) is 0 Å². The van der Waals surface area contributed by atoms with Crippen molar-refractivity contribution >= 4 is 15.7 Å². The molecule has 1 aromatic carbocycles. The molecule has 18 heavy (non-hydrogen) atoms. The minimum Gasteiger partial charge on any atom is -0.382 e. The molecule has 0 bridgehead atoms. The molecule has 1 rings (SSSR count). The van der Waals surface area contributed by atoms with E-state index in [1.54, 1.807) is 18.2 Å². The van der Waals surface area contributed by atoms with E-state index in [1.807, 2.05) is 0 Å². The maximum Gasteiger partial charge on any atom is 0.240 e. The maximum atomic E-state index is 11.4. The molecular weight excluding hydrogens is 250 g/mol. The average Bonchev–Trinajstić information content (AvgIpc) is 2.24. The molecule has 0 fully saturated rings. The van der Waals surface area contributed by atoms with Crippen molar-refractivity contribution in [3.05, 3.63) is 24.3 Å². The van der Waals surface area contributed by atoms with E-state index in [-0.39, 0.29) is 10.9 Å². The summed E-state index contributed by atoms with van der Waals surface area (Å²) in [6, 6.07) is 6.54. The Hall–Kier alpha value is -1.11. The Kier molecular flexibility index (Phi) is 5.13. The molecular formula is C12H21N3O2S. The van der Waals surface area contributed by atoms with Crippen LogP contribution >= 0.6 is 0 Å². The number of sulfonamides is 1. The number of rotatable bonds is 6. The Morgan fingerprint density at radius 3 is 2.44 bits per heavy atom. The van der Waals surface area contributed by atoms with Gasteiger partial charge < -0.3 is 11.1 Å². The highest BCUT2D eigenvalue weighted by Crippen LogP contribution is 2.19. The molecule has 0 spiro atoms. The molecule has 0 saturated carbocycles. The predicted molar refractivity (Wildman–Crippen MR) is 73.7 cm³/mol. The number of primary sulfonamides is 1. The van der Waals surface area contributed by atoms with Crippen LogP contribution in [-0.2, 0) is 10.0 Å². The van der Waals surface area contributed by atoms with Gasteiger partial charge in [0.1, 0.15) is 4.90 Å². The van der Waals surface area contributed by atoms with Gasteiger partial charge in [0.05, 0.1) is 5.69 Å². The summed E-state index contributed by atoms with van der Waals surface area (Å²) in [4.78, 5) is 0.0988. The highest BCUT2D eigenvalue weighted by Gasteiger charge is 2.13. The molecule has 5 nitrogen and oxygen atoms in total. The minimum atomic E-state index is -3.71. The van der Waals surface area contributed by atoms with E-state index in [1.165, 1.54) is 6.07 Å². The van der Waals surface area contributed by atoms with E-state index in [2.05, 4.69) is 19.2 Å². The largest absolute Gasteiger partial charge is 0.382 e. The molecule has 1 atom stereocenters. The van der Waals surface area contributed by atoms with E-state index in [0.29, 0.717) is 18.2 Å². The van der Waals surface area contributed by atoms with Crippen molar-refractivity contribution in [3.8, 4) is 0 Å². The first-order valence-corrected chi connectivity index (χ1v) is 7.46. The zero-order valence-electron chi connectivity index (χ0n) is 10.8. The molecule has 0 aliphatic heterocycles. The standard InChI is InChI=1S/C12H21N3O2S/c1-9(2)7-10(13)8-15-11-5-3-4-6-12(11)18(14,16)17/h3-6,9-10,15H,7-8,13H2,1-2H3,(H2,14,16,17).